The van der Waals surface area contributed by atoms with E-state index in [1.54, 1.807) is 60.7 Å². The lowest BCUT2D eigenvalue weighted by molar-refractivity contribution is -0.164. The van der Waals surface area contributed by atoms with E-state index in [-0.39, 0.29) is 54.3 Å². The number of aryl methyl sites for hydroxylation is 1. The standard InChI is InChI=1S/C55H71F3N8O7S/c1-34-45(74-33-61-34)36-18-16-35(17-19-36)30-64(10)48(69)43-27-40(71-12)31-66(43)49(70)46(52(2,3)4)65(11)44(67)32-72-25-15-13-14-24-63(9)38-21-23-42(60-29-38)47(68)62-50-53(5,6)51(54(50,7)8)73-39-22-20-37(28-59)41(26-39)55(56,57)58/h16-23,26,29,33,40,43,46,50-51H,13-15,24-25,27,30-32H2,1-12H3,(H,62,68)/t40-,43+,46-,50-,51-/m1/s1. The topological polar surface area (TPSA) is 171 Å². The molecular formula is C55H71F3N8O7S. The van der Waals surface area contributed by atoms with Gasteiger partial charge in [-0.3, -0.25) is 19.2 Å². The highest BCUT2D eigenvalue weighted by Gasteiger charge is 2.64. The molecule has 0 spiro atoms. The van der Waals surface area contributed by atoms with Crippen LogP contribution in [0.4, 0.5) is 18.9 Å². The number of anilines is 1. The van der Waals surface area contributed by atoms with Crippen molar-refractivity contribution in [2.24, 2.45) is 16.2 Å². The Morgan fingerprint density at radius 3 is 2.23 bits per heavy atom. The Morgan fingerprint density at radius 2 is 1.65 bits per heavy atom. The van der Waals surface area contributed by atoms with Crippen LogP contribution in [-0.2, 0) is 36.6 Å². The van der Waals surface area contributed by atoms with Gasteiger partial charge in [0, 0.05) is 77.8 Å². The quantitative estimate of drug-likeness (QED) is 0.0840. The molecule has 15 nitrogen and oxygen atoms in total. The number of nitrogens with one attached hydrogen (secondary N) is 1. The highest BCUT2D eigenvalue weighted by atomic mass is 32.1. The van der Waals surface area contributed by atoms with Crippen molar-refractivity contribution in [3.05, 3.63) is 94.4 Å². The molecule has 74 heavy (non-hydrogen) atoms. The molecule has 6 rings (SSSR count). The van der Waals surface area contributed by atoms with Gasteiger partial charge in [-0.2, -0.15) is 18.4 Å². The van der Waals surface area contributed by atoms with Crippen LogP contribution in [0.1, 0.15) is 107 Å². The molecule has 2 aromatic heterocycles. The lowest BCUT2D eigenvalue weighted by Crippen LogP contribution is -2.74. The zero-order valence-electron chi connectivity index (χ0n) is 44.6. The van der Waals surface area contributed by atoms with Crippen LogP contribution in [-0.4, -0.2) is 133 Å². The number of carbonyl (C=O) groups excluding carboxylic acids is 4. The molecule has 4 aromatic rings. The van der Waals surface area contributed by atoms with Gasteiger partial charge in [0.1, 0.15) is 36.2 Å². The Hall–Kier alpha value is -6.10. The first-order valence-electron chi connectivity index (χ1n) is 24.9. The first-order chi connectivity index (χ1) is 34.7. The molecule has 2 aromatic carbocycles. The van der Waals surface area contributed by atoms with Gasteiger partial charge in [0.2, 0.25) is 17.7 Å². The molecule has 19 heteroatoms. The summed E-state index contributed by atoms with van der Waals surface area (Å²) in [7, 11) is 6.85. The number of unbranched alkanes of at least 4 members (excludes halogenated alkanes) is 2. The first kappa shape index (κ1) is 57.2. The maximum Gasteiger partial charge on any atom is 0.417 e. The number of thiazole rings is 1. The van der Waals surface area contributed by atoms with Crippen LogP contribution in [0.2, 0.25) is 0 Å². The van der Waals surface area contributed by atoms with Gasteiger partial charge in [-0.1, -0.05) is 72.7 Å². The van der Waals surface area contributed by atoms with Gasteiger partial charge >= 0.3 is 6.18 Å². The van der Waals surface area contributed by atoms with E-state index in [0.717, 1.165) is 52.4 Å². The SMILES string of the molecule is CO[C@@H]1C[C@@H](C(=O)N(C)Cc2ccc(-c3scnc3C)cc2)N(C(=O)[C@@H](N(C)C(=O)COCCCCCN(C)c2ccc(C(=O)N[C@H]3C(C)(C)[C@H](Oc4ccc(C#N)c(C(F)(F)F)c4)C3(C)C)nc2)C(C)(C)C)C1. The largest absolute Gasteiger partial charge is 0.489 e. The number of likely N-dealkylation sites (tertiary alicyclic amines) is 1. The molecule has 1 N–H and O–H groups in total. The van der Waals surface area contributed by atoms with E-state index in [1.807, 2.05) is 103 Å². The van der Waals surface area contributed by atoms with Gasteiger partial charge in [0.15, 0.2) is 0 Å². The molecule has 3 atom stereocenters. The zero-order valence-corrected chi connectivity index (χ0v) is 45.4. The van der Waals surface area contributed by atoms with E-state index in [2.05, 4.69) is 15.3 Å². The Morgan fingerprint density at radius 1 is 0.959 bits per heavy atom. The van der Waals surface area contributed by atoms with Crippen LogP contribution in [0.15, 0.2) is 66.3 Å². The number of rotatable bonds is 20. The third-order valence-corrected chi connectivity index (χ3v) is 15.4. The third kappa shape index (κ3) is 12.9. The average molecular weight is 1050 g/mol. The zero-order chi connectivity index (χ0) is 54.5. The Labute approximate surface area is 437 Å². The minimum Gasteiger partial charge on any atom is -0.489 e. The predicted molar refractivity (Wildman–Crippen MR) is 277 cm³/mol. The van der Waals surface area contributed by atoms with Crippen molar-refractivity contribution in [3.63, 3.8) is 0 Å². The summed E-state index contributed by atoms with van der Waals surface area (Å²) in [5.74, 6) is -1.26. The molecule has 400 valence electrons. The maximum atomic E-state index is 14.5. The van der Waals surface area contributed by atoms with Crippen LogP contribution in [0.25, 0.3) is 10.4 Å². The second-order valence-corrected chi connectivity index (χ2v) is 22.7. The van der Waals surface area contributed by atoms with Crippen LogP contribution in [0.3, 0.4) is 0 Å². The van der Waals surface area contributed by atoms with Crippen LogP contribution in [0.5, 0.6) is 5.75 Å². The highest BCUT2D eigenvalue weighted by molar-refractivity contribution is 7.13. The van der Waals surface area contributed by atoms with E-state index >= 15 is 0 Å². The molecule has 1 aliphatic carbocycles. The maximum absolute atomic E-state index is 14.5. The van der Waals surface area contributed by atoms with Crippen LogP contribution in [0, 0.1) is 34.5 Å². The summed E-state index contributed by atoms with van der Waals surface area (Å²) >= 11 is 1.58. The number of benzene rings is 2. The summed E-state index contributed by atoms with van der Waals surface area (Å²) < 4.78 is 58.5. The summed E-state index contributed by atoms with van der Waals surface area (Å²) in [6.45, 7) is 16.6. The molecule has 0 radical (unpaired) electrons. The summed E-state index contributed by atoms with van der Waals surface area (Å²) in [5.41, 5.74) is 2.29. The number of carbonyl (C=O) groups is 4. The minimum absolute atomic E-state index is 0.00955. The van der Waals surface area contributed by atoms with E-state index < -0.39 is 57.8 Å². The smallest absolute Gasteiger partial charge is 0.417 e. The predicted octanol–water partition coefficient (Wildman–Crippen LogP) is 8.79. The molecule has 4 amide bonds. The van der Waals surface area contributed by atoms with E-state index in [0.29, 0.717) is 32.5 Å². The number of halogens is 3. The Bertz CT molecular complexity index is 2650. The average Bonchev–Trinajstić information content (AvgIpc) is 3.99. The van der Waals surface area contributed by atoms with Gasteiger partial charge in [-0.05, 0) is 73.1 Å². The molecule has 1 aliphatic heterocycles. The highest BCUT2D eigenvalue weighted by Crippen LogP contribution is 2.56. The lowest BCUT2D eigenvalue weighted by Gasteiger charge is -2.63. The summed E-state index contributed by atoms with van der Waals surface area (Å²) in [5, 5.41) is 12.2. The molecule has 0 unspecified atom stereocenters. The fourth-order valence-corrected chi connectivity index (χ4v) is 11.6. The number of methoxy groups -OCH3 is 1. The van der Waals surface area contributed by atoms with E-state index in [9.17, 15) is 37.6 Å². The second-order valence-electron chi connectivity index (χ2n) is 21.8. The second kappa shape index (κ2) is 23.2. The summed E-state index contributed by atoms with van der Waals surface area (Å²) in [6, 6.07) is 14.4. The van der Waals surface area contributed by atoms with E-state index in [4.69, 9.17) is 14.2 Å². The van der Waals surface area contributed by atoms with Crippen LogP contribution < -0.4 is 15.0 Å². The molecular weight excluding hydrogens is 974 g/mol. The number of nitrogens with zero attached hydrogens (tertiary/aromatic N) is 7. The number of aromatic nitrogens is 2. The Balaban J connectivity index is 0.934. The van der Waals surface area contributed by atoms with Gasteiger partial charge in [0.25, 0.3) is 5.91 Å². The number of amides is 4. The van der Waals surface area contributed by atoms with Crippen molar-refractivity contribution in [3.8, 4) is 22.3 Å². The van der Waals surface area contributed by atoms with Gasteiger partial charge in [0.05, 0.1) is 51.3 Å². The number of hydrogen-bond donors (Lipinski definition) is 1. The number of pyridine rings is 1. The molecule has 1 saturated heterocycles. The van der Waals surface area contributed by atoms with Crippen molar-refractivity contribution >= 4 is 40.7 Å². The molecule has 2 fully saturated rings. The fraction of sp³-hybridized carbons (Fsp3) is 0.545. The van der Waals surface area contributed by atoms with Gasteiger partial charge in [-0.25, -0.2) is 9.97 Å². The first-order valence-corrected chi connectivity index (χ1v) is 25.8. The number of hydrogen-bond acceptors (Lipinski definition) is 12. The molecule has 0 bridgehead atoms. The monoisotopic (exact) mass is 1040 g/mol. The van der Waals surface area contributed by atoms with Crippen molar-refractivity contribution in [1.29, 1.82) is 5.26 Å². The van der Waals surface area contributed by atoms with Gasteiger partial charge in [-0.15, -0.1) is 11.3 Å². The lowest BCUT2D eigenvalue weighted by atomic mass is 9.49. The Kier molecular flexibility index (Phi) is 17.9. The number of likely N-dealkylation sites (N-methyl/N-ethyl adjacent to an activating group) is 2. The van der Waals surface area contributed by atoms with E-state index in [1.165, 1.54) is 11.0 Å². The number of alkyl halides is 3. The molecule has 2 aliphatic rings. The minimum atomic E-state index is -4.72. The molecule has 3 heterocycles. The van der Waals surface area contributed by atoms with Crippen molar-refractivity contribution < 1.29 is 46.6 Å². The number of nitriles is 1. The summed E-state index contributed by atoms with van der Waals surface area (Å²) in [4.78, 5) is 72.2. The van der Waals surface area contributed by atoms with Crippen molar-refractivity contribution in [2.75, 3.05) is 59.5 Å². The third-order valence-electron chi connectivity index (χ3n) is 14.5. The van der Waals surface area contributed by atoms with Crippen LogP contribution >= 0.6 is 11.3 Å². The normalized spacial score (nSPS) is 19.5. The summed E-state index contributed by atoms with van der Waals surface area (Å²) in [6.07, 6.45) is -1.30. The number of ether oxygens (including phenoxy) is 3. The van der Waals surface area contributed by atoms with Crippen molar-refractivity contribution in [2.45, 2.75) is 124 Å². The van der Waals surface area contributed by atoms with Crippen molar-refractivity contribution in [1.82, 2.24) is 30.0 Å². The fourth-order valence-electron chi connectivity index (χ4n) is 10.7. The molecule has 1 saturated carbocycles. The van der Waals surface area contributed by atoms with Gasteiger partial charge < -0.3 is 39.1 Å².